The minimum atomic E-state index is -0.917. The minimum Gasteiger partial charge on any atom is -0.478 e. The van der Waals surface area contributed by atoms with Gasteiger partial charge in [-0.3, -0.25) is 0 Å². The summed E-state index contributed by atoms with van der Waals surface area (Å²) in [6.45, 7) is 1.94. The number of benzene rings is 1. The number of aromatic carboxylic acids is 1. The quantitative estimate of drug-likeness (QED) is 0.814. The molecule has 76 valence electrons. The summed E-state index contributed by atoms with van der Waals surface area (Å²) < 4.78 is 4.98. The van der Waals surface area contributed by atoms with E-state index in [9.17, 15) is 4.79 Å². The highest BCUT2D eigenvalue weighted by Gasteiger charge is 2.08. The van der Waals surface area contributed by atoms with Crippen molar-refractivity contribution in [2.45, 2.75) is 6.92 Å². The number of rotatable bonds is 2. The number of carbonyl (C=O) groups is 1. The van der Waals surface area contributed by atoms with Gasteiger partial charge in [0.05, 0.1) is 18.1 Å². The lowest BCUT2D eigenvalue weighted by atomic mass is 10.0. The fourth-order valence-electron chi connectivity index (χ4n) is 1.48. The second-order valence-electron chi connectivity index (χ2n) is 3.35. The van der Waals surface area contributed by atoms with Gasteiger partial charge >= 0.3 is 5.97 Å². The Bertz CT molecular complexity index is 484. The zero-order valence-corrected chi connectivity index (χ0v) is 8.23. The molecule has 0 atom stereocenters. The lowest BCUT2D eigenvalue weighted by Crippen LogP contribution is -1.96. The lowest BCUT2D eigenvalue weighted by Gasteiger charge is -2.04. The number of hydrogen-bond donors (Lipinski definition) is 1. The first-order valence-electron chi connectivity index (χ1n) is 4.55. The van der Waals surface area contributed by atoms with E-state index in [0.29, 0.717) is 0 Å². The molecule has 15 heavy (non-hydrogen) atoms. The Hall–Kier alpha value is -2.03. The molecular formula is C12H10O3. The molecule has 0 aliphatic heterocycles. The highest BCUT2D eigenvalue weighted by molar-refractivity contribution is 5.89. The summed E-state index contributed by atoms with van der Waals surface area (Å²) in [7, 11) is 0. The van der Waals surface area contributed by atoms with Crippen molar-refractivity contribution in [1.82, 2.24) is 0 Å². The standard InChI is InChI=1S/C12H10O3/c1-8-2-3-9(12(13)14)6-11(8)10-4-5-15-7-10/h2-7H,1H3,(H,13,14). The summed E-state index contributed by atoms with van der Waals surface area (Å²) in [6.07, 6.45) is 3.18. The summed E-state index contributed by atoms with van der Waals surface area (Å²) in [6, 6.07) is 6.86. The highest BCUT2D eigenvalue weighted by atomic mass is 16.4. The van der Waals surface area contributed by atoms with Crippen LogP contribution in [0, 0.1) is 6.92 Å². The molecular weight excluding hydrogens is 192 g/mol. The van der Waals surface area contributed by atoms with Crippen molar-refractivity contribution in [3.05, 3.63) is 47.9 Å². The van der Waals surface area contributed by atoms with Gasteiger partial charge in [-0.2, -0.15) is 0 Å². The van der Waals surface area contributed by atoms with Crippen molar-refractivity contribution in [1.29, 1.82) is 0 Å². The summed E-state index contributed by atoms with van der Waals surface area (Å²) >= 11 is 0. The van der Waals surface area contributed by atoms with Gasteiger partial charge in [-0.15, -0.1) is 0 Å². The first-order valence-corrected chi connectivity index (χ1v) is 4.55. The molecule has 3 nitrogen and oxygen atoms in total. The van der Waals surface area contributed by atoms with E-state index in [0.717, 1.165) is 16.7 Å². The summed E-state index contributed by atoms with van der Waals surface area (Å²) in [5, 5.41) is 8.87. The van der Waals surface area contributed by atoms with Crippen LogP contribution in [0.1, 0.15) is 15.9 Å². The molecule has 1 N–H and O–H groups in total. The maximum atomic E-state index is 10.8. The van der Waals surface area contributed by atoms with Crippen molar-refractivity contribution in [3.8, 4) is 11.1 Å². The summed E-state index contributed by atoms with van der Waals surface area (Å²) in [4.78, 5) is 10.8. The number of carboxylic acid groups (broad SMARTS) is 1. The Kier molecular flexibility index (Phi) is 2.29. The fraction of sp³-hybridized carbons (Fsp3) is 0.0833. The van der Waals surface area contributed by atoms with E-state index >= 15 is 0 Å². The Morgan fingerprint density at radius 3 is 2.73 bits per heavy atom. The third-order valence-corrected chi connectivity index (χ3v) is 2.32. The average molecular weight is 202 g/mol. The molecule has 0 aliphatic carbocycles. The van der Waals surface area contributed by atoms with Gasteiger partial charge in [0.2, 0.25) is 0 Å². The second kappa shape index (κ2) is 3.61. The lowest BCUT2D eigenvalue weighted by molar-refractivity contribution is 0.0697. The number of aryl methyl sites for hydroxylation is 1. The predicted molar refractivity (Wildman–Crippen MR) is 55.8 cm³/mol. The van der Waals surface area contributed by atoms with Crippen molar-refractivity contribution in [3.63, 3.8) is 0 Å². The maximum Gasteiger partial charge on any atom is 0.335 e. The van der Waals surface area contributed by atoms with Crippen molar-refractivity contribution >= 4 is 5.97 Å². The zero-order chi connectivity index (χ0) is 10.8. The van der Waals surface area contributed by atoms with Gasteiger partial charge in [0.25, 0.3) is 0 Å². The molecule has 0 aliphatic rings. The molecule has 0 unspecified atom stereocenters. The van der Waals surface area contributed by atoms with Gasteiger partial charge in [0, 0.05) is 5.56 Å². The topological polar surface area (TPSA) is 50.4 Å². The maximum absolute atomic E-state index is 10.8. The summed E-state index contributed by atoms with van der Waals surface area (Å²) in [5.74, 6) is -0.917. The van der Waals surface area contributed by atoms with Gasteiger partial charge < -0.3 is 9.52 Å². The first-order chi connectivity index (χ1) is 7.18. The van der Waals surface area contributed by atoms with Crippen LogP contribution in [0.3, 0.4) is 0 Å². The third kappa shape index (κ3) is 1.76. The van der Waals surface area contributed by atoms with Gasteiger partial charge in [0.15, 0.2) is 0 Å². The normalized spacial score (nSPS) is 10.2. The van der Waals surface area contributed by atoms with Crippen molar-refractivity contribution in [2.75, 3.05) is 0 Å². The Labute approximate surface area is 87.0 Å². The van der Waals surface area contributed by atoms with E-state index in [4.69, 9.17) is 9.52 Å². The molecule has 1 aromatic carbocycles. The van der Waals surface area contributed by atoms with Crippen LogP contribution < -0.4 is 0 Å². The molecule has 0 amide bonds. The van der Waals surface area contributed by atoms with E-state index in [1.54, 1.807) is 30.7 Å². The Balaban J connectivity index is 2.55. The van der Waals surface area contributed by atoms with Crippen LogP contribution in [0.25, 0.3) is 11.1 Å². The smallest absolute Gasteiger partial charge is 0.335 e. The zero-order valence-electron chi connectivity index (χ0n) is 8.23. The van der Waals surface area contributed by atoms with Crippen LogP contribution in [0.15, 0.2) is 41.2 Å². The number of furan rings is 1. The molecule has 0 bridgehead atoms. The van der Waals surface area contributed by atoms with Crippen LogP contribution in [0.4, 0.5) is 0 Å². The Morgan fingerprint density at radius 1 is 1.33 bits per heavy atom. The van der Waals surface area contributed by atoms with Gasteiger partial charge in [-0.05, 0) is 36.2 Å². The van der Waals surface area contributed by atoms with Crippen molar-refractivity contribution in [2.24, 2.45) is 0 Å². The molecule has 1 heterocycles. The molecule has 0 fully saturated rings. The van der Waals surface area contributed by atoms with Gasteiger partial charge in [0.1, 0.15) is 0 Å². The molecule has 3 heteroatoms. The second-order valence-corrected chi connectivity index (χ2v) is 3.35. The van der Waals surface area contributed by atoms with Crippen LogP contribution in [0.5, 0.6) is 0 Å². The van der Waals surface area contributed by atoms with E-state index < -0.39 is 5.97 Å². The monoisotopic (exact) mass is 202 g/mol. The van der Waals surface area contributed by atoms with Gasteiger partial charge in [-0.25, -0.2) is 4.79 Å². The molecule has 0 radical (unpaired) electrons. The Morgan fingerprint density at radius 2 is 2.13 bits per heavy atom. The van der Waals surface area contributed by atoms with Crippen LogP contribution in [-0.2, 0) is 0 Å². The highest BCUT2D eigenvalue weighted by Crippen LogP contribution is 2.24. The molecule has 2 rings (SSSR count). The average Bonchev–Trinajstić information content (AvgIpc) is 2.71. The predicted octanol–water partition coefficient (Wildman–Crippen LogP) is 2.95. The first kappa shape index (κ1) is 9.52. The summed E-state index contributed by atoms with van der Waals surface area (Å²) in [5.41, 5.74) is 3.11. The van der Waals surface area contributed by atoms with E-state index in [1.807, 2.05) is 13.0 Å². The fourth-order valence-corrected chi connectivity index (χ4v) is 1.48. The van der Waals surface area contributed by atoms with Gasteiger partial charge in [-0.1, -0.05) is 6.07 Å². The minimum absolute atomic E-state index is 0.289. The van der Waals surface area contributed by atoms with E-state index in [1.165, 1.54) is 0 Å². The molecule has 1 aromatic heterocycles. The van der Waals surface area contributed by atoms with Crippen LogP contribution >= 0.6 is 0 Å². The largest absolute Gasteiger partial charge is 0.478 e. The molecule has 0 spiro atoms. The molecule has 2 aromatic rings. The number of carboxylic acids is 1. The number of hydrogen-bond acceptors (Lipinski definition) is 2. The third-order valence-electron chi connectivity index (χ3n) is 2.32. The van der Waals surface area contributed by atoms with Crippen LogP contribution in [-0.4, -0.2) is 11.1 Å². The SMILES string of the molecule is Cc1ccc(C(=O)O)cc1-c1ccoc1. The van der Waals surface area contributed by atoms with E-state index in [-0.39, 0.29) is 5.56 Å². The van der Waals surface area contributed by atoms with Crippen molar-refractivity contribution < 1.29 is 14.3 Å². The van der Waals surface area contributed by atoms with Crippen LogP contribution in [0.2, 0.25) is 0 Å². The molecule has 0 saturated carbocycles. The van der Waals surface area contributed by atoms with E-state index in [2.05, 4.69) is 0 Å². The molecule has 0 saturated heterocycles.